The summed E-state index contributed by atoms with van der Waals surface area (Å²) >= 11 is 3.32. The fourth-order valence-electron chi connectivity index (χ4n) is 2.08. The summed E-state index contributed by atoms with van der Waals surface area (Å²) in [5.41, 5.74) is 2.97. The van der Waals surface area contributed by atoms with Crippen LogP contribution >= 0.6 is 15.9 Å². The van der Waals surface area contributed by atoms with Gasteiger partial charge >= 0.3 is 0 Å². The minimum Gasteiger partial charge on any atom is -0.351 e. The van der Waals surface area contributed by atoms with Crippen molar-refractivity contribution < 1.29 is 4.79 Å². The van der Waals surface area contributed by atoms with Gasteiger partial charge in [0, 0.05) is 17.2 Å². The number of hydrogen-bond donors (Lipinski definition) is 3. The standard InChI is InChI=1S/C15H25BrN4O/c1-4-5-6-7-15(2,3)10-19-14(21)12-8-11(16)9-18-13(12)20-17/h8-9H,4-7,10,17H2,1-3H3,(H,18,20)(H,19,21). The van der Waals surface area contributed by atoms with Crippen molar-refractivity contribution in [2.75, 3.05) is 12.0 Å². The molecule has 0 saturated heterocycles. The maximum absolute atomic E-state index is 12.3. The van der Waals surface area contributed by atoms with E-state index in [1.54, 1.807) is 12.3 Å². The Bertz CT molecular complexity index is 477. The molecule has 0 saturated carbocycles. The lowest BCUT2D eigenvalue weighted by atomic mass is 9.87. The Kier molecular flexibility index (Phi) is 7.11. The van der Waals surface area contributed by atoms with E-state index in [0.717, 1.165) is 10.9 Å². The summed E-state index contributed by atoms with van der Waals surface area (Å²) in [7, 11) is 0. The van der Waals surface area contributed by atoms with E-state index in [-0.39, 0.29) is 11.3 Å². The number of nitrogens with two attached hydrogens (primary N) is 1. The molecule has 0 atom stereocenters. The number of aromatic nitrogens is 1. The molecule has 6 heteroatoms. The summed E-state index contributed by atoms with van der Waals surface area (Å²) in [5, 5.41) is 2.97. The van der Waals surface area contributed by atoms with Crippen molar-refractivity contribution in [3.8, 4) is 0 Å². The fraction of sp³-hybridized carbons (Fsp3) is 0.600. The summed E-state index contributed by atoms with van der Waals surface area (Å²) in [5.74, 6) is 5.60. The molecular formula is C15H25BrN4O. The Morgan fingerprint density at radius 1 is 1.43 bits per heavy atom. The Morgan fingerprint density at radius 3 is 2.76 bits per heavy atom. The van der Waals surface area contributed by atoms with Crippen LogP contribution in [0.5, 0.6) is 0 Å². The van der Waals surface area contributed by atoms with Crippen molar-refractivity contribution in [1.29, 1.82) is 0 Å². The van der Waals surface area contributed by atoms with E-state index in [4.69, 9.17) is 5.84 Å². The van der Waals surface area contributed by atoms with Crippen LogP contribution in [-0.2, 0) is 0 Å². The van der Waals surface area contributed by atoms with Crippen LogP contribution in [-0.4, -0.2) is 17.4 Å². The van der Waals surface area contributed by atoms with Gasteiger partial charge in [0.25, 0.3) is 5.91 Å². The van der Waals surface area contributed by atoms with Gasteiger partial charge in [0.1, 0.15) is 0 Å². The molecule has 1 aromatic rings. The summed E-state index contributed by atoms with van der Waals surface area (Å²) < 4.78 is 0.744. The molecule has 0 aliphatic carbocycles. The number of hydrogen-bond acceptors (Lipinski definition) is 4. The van der Waals surface area contributed by atoms with Crippen molar-refractivity contribution in [2.24, 2.45) is 11.3 Å². The fourth-order valence-corrected chi connectivity index (χ4v) is 2.42. The summed E-state index contributed by atoms with van der Waals surface area (Å²) in [6.07, 6.45) is 6.32. The van der Waals surface area contributed by atoms with E-state index in [2.05, 4.69) is 52.4 Å². The summed E-state index contributed by atoms with van der Waals surface area (Å²) in [6.45, 7) is 7.16. The van der Waals surface area contributed by atoms with Gasteiger partial charge in [-0.25, -0.2) is 10.8 Å². The first-order valence-electron chi connectivity index (χ1n) is 7.30. The first kappa shape index (κ1) is 17.9. The third kappa shape index (κ3) is 6.01. The molecule has 0 fully saturated rings. The van der Waals surface area contributed by atoms with Gasteiger partial charge in [-0.1, -0.05) is 40.0 Å². The molecule has 4 N–H and O–H groups in total. The zero-order chi connectivity index (χ0) is 15.9. The lowest BCUT2D eigenvalue weighted by Gasteiger charge is -2.25. The van der Waals surface area contributed by atoms with Crippen LogP contribution in [0.25, 0.3) is 0 Å². The van der Waals surface area contributed by atoms with Crippen LogP contribution in [0.1, 0.15) is 56.8 Å². The van der Waals surface area contributed by atoms with Gasteiger partial charge in [-0.05, 0) is 33.8 Å². The van der Waals surface area contributed by atoms with Gasteiger partial charge in [0.15, 0.2) is 5.82 Å². The van der Waals surface area contributed by atoms with E-state index in [9.17, 15) is 4.79 Å². The highest BCUT2D eigenvalue weighted by Gasteiger charge is 2.20. The lowest BCUT2D eigenvalue weighted by Crippen LogP contribution is -2.34. The highest BCUT2D eigenvalue weighted by molar-refractivity contribution is 9.10. The predicted octanol–water partition coefficient (Wildman–Crippen LogP) is 3.47. The van der Waals surface area contributed by atoms with E-state index < -0.39 is 0 Å². The average molecular weight is 357 g/mol. The summed E-state index contributed by atoms with van der Waals surface area (Å²) in [4.78, 5) is 16.4. The highest BCUT2D eigenvalue weighted by atomic mass is 79.9. The molecule has 0 spiro atoms. The number of amides is 1. The van der Waals surface area contributed by atoms with Gasteiger partial charge in [0.2, 0.25) is 0 Å². The number of nitrogens with zero attached hydrogens (tertiary/aromatic N) is 1. The topological polar surface area (TPSA) is 80.0 Å². The molecule has 0 unspecified atom stereocenters. The highest BCUT2D eigenvalue weighted by Crippen LogP contribution is 2.23. The van der Waals surface area contributed by atoms with Crippen LogP contribution in [0.15, 0.2) is 16.7 Å². The number of nitrogens with one attached hydrogen (secondary N) is 2. The van der Waals surface area contributed by atoms with Crippen molar-refractivity contribution in [1.82, 2.24) is 10.3 Å². The second-order valence-electron chi connectivity index (χ2n) is 6.00. The average Bonchev–Trinajstić information content (AvgIpc) is 2.45. The van der Waals surface area contributed by atoms with E-state index in [0.29, 0.717) is 17.9 Å². The van der Waals surface area contributed by atoms with E-state index >= 15 is 0 Å². The van der Waals surface area contributed by atoms with Gasteiger partial charge in [-0.3, -0.25) is 4.79 Å². The van der Waals surface area contributed by atoms with Crippen molar-refractivity contribution in [3.63, 3.8) is 0 Å². The normalized spacial score (nSPS) is 11.3. The number of hydrazine groups is 1. The predicted molar refractivity (Wildman–Crippen MR) is 90.0 cm³/mol. The molecule has 1 aromatic heterocycles. The number of nitrogen functional groups attached to an aromatic ring is 1. The van der Waals surface area contributed by atoms with Gasteiger partial charge in [-0.15, -0.1) is 0 Å². The molecule has 0 aliphatic heterocycles. The molecule has 0 bridgehead atoms. The monoisotopic (exact) mass is 356 g/mol. The second kappa shape index (κ2) is 8.34. The van der Waals surface area contributed by atoms with Gasteiger partial charge < -0.3 is 10.7 Å². The van der Waals surface area contributed by atoms with Crippen molar-refractivity contribution in [2.45, 2.75) is 46.5 Å². The maximum atomic E-state index is 12.3. The number of halogens is 1. The first-order chi connectivity index (χ1) is 9.89. The van der Waals surface area contributed by atoms with Crippen LogP contribution in [0.2, 0.25) is 0 Å². The molecular weight excluding hydrogens is 332 g/mol. The molecule has 21 heavy (non-hydrogen) atoms. The van der Waals surface area contributed by atoms with Crippen LogP contribution < -0.4 is 16.6 Å². The largest absolute Gasteiger partial charge is 0.351 e. The molecule has 1 rings (SSSR count). The Hall–Kier alpha value is -1.14. The smallest absolute Gasteiger partial charge is 0.255 e. The zero-order valence-electron chi connectivity index (χ0n) is 13.0. The SMILES string of the molecule is CCCCCC(C)(C)CNC(=O)c1cc(Br)cnc1NN. The van der Waals surface area contributed by atoms with E-state index in [1.807, 2.05) is 0 Å². The Labute approximate surface area is 135 Å². The van der Waals surface area contributed by atoms with E-state index in [1.165, 1.54) is 19.3 Å². The molecule has 1 heterocycles. The molecule has 0 aromatic carbocycles. The second-order valence-corrected chi connectivity index (χ2v) is 6.91. The minimum absolute atomic E-state index is 0.0839. The molecule has 5 nitrogen and oxygen atoms in total. The Morgan fingerprint density at radius 2 is 2.14 bits per heavy atom. The van der Waals surface area contributed by atoms with Crippen LogP contribution in [0, 0.1) is 5.41 Å². The number of carbonyl (C=O) groups is 1. The molecule has 0 aliphatic rings. The van der Waals surface area contributed by atoms with Crippen LogP contribution in [0.4, 0.5) is 5.82 Å². The maximum Gasteiger partial charge on any atom is 0.255 e. The first-order valence-corrected chi connectivity index (χ1v) is 8.09. The number of rotatable bonds is 8. The third-order valence-corrected chi connectivity index (χ3v) is 3.85. The van der Waals surface area contributed by atoms with Crippen molar-refractivity contribution >= 4 is 27.7 Å². The minimum atomic E-state index is -0.166. The lowest BCUT2D eigenvalue weighted by molar-refractivity contribution is 0.0934. The number of carbonyl (C=O) groups excluding carboxylic acids is 1. The van der Waals surface area contributed by atoms with Gasteiger partial charge in [0.05, 0.1) is 5.56 Å². The van der Waals surface area contributed by atoms with Crippen LogP contribution in [0.3, 0.4) is 0 Å². The third-order valence-electron chi connectivity index (χ3n) is 3.42. The molecule has 118 valence electrons. The molecule has 1 amide bonds. The number of anilines is 1. The Balaban J connectivity index is 2.63. The summed E-state index contributed by atoms with van der Waals surface area (Å²) in [6, 6.07) is 1.71. The van der Waals surface area contributed by atoms with Crippen molar-refractivity contribution in [3.05, 3.63) is 22.3 Å². The zero-order valence-corrected chi connectivity index (χ0v) is 14.6. The molecule has 0 radical (unpaired) electrons. The number of unbranched alkanes of at least 4 members (excludes halogenated alkanes) is 2. The van der Waals surface area contributed by atoms with Gasteiger partial charge in [-0.2, -0.15) is 0 Å². The quantitative estimate of drug-likeness (QED) is 0.378. The number of pyridine rings is 1.